The normalized spacial score (nSPS) is 12.2. The molecule has 0 aromatic heterocycles. The average molecular weight is 323 g/mol. The lowest BCUT2D eigenvalue weighted by atomic mass is 10.0. The molecule has 0 radical (unpaired) electrons. The predicted molar refractivity (Wildman–Crippen MR) is 82.9 cm³/mol. The maximum absolute atomic E-state index is 11.7. The first-order valence-electron chi connectivity index (χ1n) is 7.00. The maximum atomic E-state index is 11.7. The van der Waals surface area contributed by atoms with Crippen molar-refractivity contribution >= 4 is 18.3 Å². The third-order valence-corrected chi connectivity index (χ3v) is 2.85. The van der Waals surface area contributed by atoms with Crippen LogP contribution in [0.4, 0.5) is 4.79 Å². The zero-order valence-electron chi connectivity index (χ0n) is 13.6. The molecular weight excluding hydrogens is 302 g/mol. The molecule has 1 rings (SSSR count). The largest absolute Gasteiger partial charge is 0.496 e. The number of carbonyl (C=O) groups is 3. The summed E-state index contributed by atoms with van der Waals surface area (Å²) in [5.41, 5.74) is 0.167. The lowest BCUT2D eigenvalue weighted by Gasteiger charge is -2.22. The molecule has 0 saturated carbocycles. The number of nitrogens with one attached hydrogen (secondary N) is 1. The van der Waals surface area contributed by atoms with Crippen molar-refractivity contribution in [1.82, 2.24) is 5.32 Å². The summed E-state index contributed by atoms with van der Waals surface area (Å²) in [6.07, 6.45) is -0.173. The number of amides is 1. The number of hydrogen-bond donors (Lipinski definition) is 2. The minimum absolute atomic E-state index is 0.0133. The van der Waals surface area contributed by atoms with Gasteiger partial charge in [-0.05, 0) is 38.5 Å². The van der Waals surface area contributed by atoms with E-state index in [9.17, 15) is 19.5 Å². The Balaban J connectivity index is 2.86. The molecule has 7 heteroatoms. The van der Waals surface area contributed by atoms with E-state index in [0.717, 1.165) is 0 Å². The molecule has 0 aliphatic carbocycles. The summed E-state index contributed by atoms with van der Waals surface area (Å²) in [6, 6.07) is 3.57. The smallest absolute Gasteiger partial charge is 0.408 e. The van der Waals surface area contributed by atoms with Crippen molar-refractivity contribution in [3.8, 4) is 5.75 Å². The molecule has 0 heterocycles. The third kappa shape index (κ3) is 5.98. The Morgan fingerprint density at radius 3 is 2.48 bits per heavy atom. The van der Waals surface area contributed by atoms with E-state index in [4.69, 9.17) is 9.47 Å². The van der Waals surface area contributed by atoms with Gasteiger partial charge in [0.25, 0.3) is 0 Å². The number of alkyl carbamates (subject to hydrolysis) is 1. The lowest BCUT2D eigenvalue weighted by molar-refractivity contribution is -0.139. The molecule has 2 N–H and O–H groups in total. The molecule has 0 bridgehead atoms. The van der Waals surface area contributed by atoms with Gasteiger partial charge >= 0.3 is 12.1 Å². The standard InChI is InChI=1S/C16H21NO6/c1-16(2,3)23-15(21)17-12(14(19)20)8-10-5-6-13(22-4)11(7-10)9-18/h5-7,9,12H,8H2,1-4H3,(H,17,21)(H,19,20)/t12-/m1/s1. The fourth-order valence-electron chi connectivity index (χ4n) is 1.89. The molecule has 1 atom stereocenters. The SMILES string of the molecule is COc1ccc(C[C@@H](NC(=O)OC(C)(C)C)C(=O)O)cc1C=O. The quantitative estimate of drug-likeness (QED) is 0.777. The number of ether oxygens (including phenoxy) is 2. The Morgan fingerprint density at radius 1 is 1.35 bits per heavy atom. The van der Waals surface area contributed by atoms with Crippen molar-refractivity contribution in [3.63, 3.8) is 0 Å². The Bertz CT molecular complexity index is 591. The Labute approximate surface area is 134 Å². The molecule has 0 fully saturated rings. The highest BCUT2D eigenvalue weighted by atomic mass is 16.6. The molecule has 0 saturated heterocycles. The number of benzene rings is 1. The molecule has 23 heavy (non-hydrogen) atoms. The van der Waals surface area contributed by atoms with Gasteiger partial charge in [0.15, 0.2) is 6.29 Å². The van der Waals surface area contributed by atoms with Gasteiger partial charge in [-0.15, -0.1) is 0 Å². The van der Waals surface area contributed by atoms with Gasteiger partial charge in [-0.1, -0.05) is 6.07 Å². The minimum atomic E-state index is -1.20. The summed E-state index contributed by atoms with van der Waals surface area (Å²) >= 11 is 0. The summed E-state index contributed by atoms with van der Waals surface area (Å²) < 4.78 is 10.1. The van der Waals surface area contributed by atoms with Crippen LogP contribution in [0.25, 0.3) is 0 Å². The van der Waals surface area contributed by atoms with Crippen LogP contribution in [-0.2, 0) is 16.0 Å². The van der Waals surface area contributed by atoms with Crippen LogP contribution in [-0.4, -0.2) is 42.2 Å². The number of carboxylic acid groups (broad SMARTS) is 1. The van der Waals surface area contributed by atoms with Crippen LogP contribution in [0.2, 0.25) is 0 Å². The van der Waals surface area contributed by atoms with E-state index >= 15 is 0 Å². The molecule has 7 nitrogen and oxygen atoms in total. The fraction of sp³-hybridized carbons (Fsp3) is 0.438. The van der Waals surface area contributed by atoms with Gasteiger partial charge in [-0.2, -0.15) is 0 Å². The fourth-order valence-corrected chi connectivity index (χ4v) is 1.89. The second-order valence-corrected chi connectivity index (χ2v) is 5.94. The summed E-state index contributed by atoms with van der Waals surface area (Å²) in [5.74, 6) is -0.796. The van der Waals surface area contributed by atoms with Crippen LogP contribution in [0.1, 0.15) is 36.7 Å². The summed E-state index contributed by atoms with van der Waals surface area (Å²) in [7, 11) is 1.44. The summed E-state index contributed by atoms with van der Waals surface area (Å²) in [6.45, 7) is 5.05. The van der Waals surface area contributed by atoms with Gasteiger partial charge in [-0.25, -0.2) is 9.59 Å². The monoisotopic (exact) mass is 323 g/mol. The summed E-state index contributed by atoms with van der Waals surface area (Å²) in [4.78, 5) is 34.0. The molecule has 1 amide bonds. The molecule has 0 unspecified atom stereocenters. The molecular formula is C16H21NO6. The van der Waals surface area contributed by atoms with E-state index < -0.39 is 23.7 Å². The van der Waals surface area contributed by atoms with Crippen LogP contribution in [0.5, 0.6) is 5.75 Å². The maximum Gasteiger partial charge on any atom is 0.408 e. The van der Waals surface area contributed by atoms with Crippen molar-refractivity contribution in [1.29, 1.82) is 0 Å². The number of carbonyl (C=O) groups excluding carboxylic acids is 2. The van der Waals surface area contributed by atoms with E-state index in [1.165, 1.54) is 13.2 Å². The van der Waals surface area contributed by atoms with E-state index in [1.54, 1.807) is 32.9 Å². The highest BCUT2D eigenvalue weighted by molar-refractivity contribution is 5.81. The molecule has 0 spiro atoms. The Hall–Kier alpha value is -2.57. The number of hydrogen-bond acceptors (Lipinski definition) is 5. The third-order valence-electron chi connectivity index (χ3n) is 2.85. The van der Waals surface area contributed by atoms with Crippen molar-refractivity contribution in [2.45, 2.75) is 38.8 Å². The number of rotatable bonds is 6. The van der Waals surface area contributed by atoms with Crippen molar-refractivity contribution < 1.29 is 29.0 Å². The van der Waals surface area contributed by atoms with Crippen LogP contribution in [0, 0.1) is 0 Å². The molecule has 1 aromatic rings. The van der Waals surface area contributed by atoms with Gasteiger partial charge in [0.2, 0.25) is 0 Å². The van der Waals surface area contributed by atoms with E-state index in [2.05, 4.69) is 5.32 Å². The van der Waals surface area contributed by atoms with Crippen LogP contribution < -0.4 is 10.1 Å². The first-order valence-corrected chi connectivity index (χ1v) is 7.00. The second kappa shape index (κ2) is 7.62. The molecule has 0 aliphatic rings. The van der Waals surface area contributed by atoms with Crippen LogP contribution >= 0.6 is 0 Å². The van der Waals surface area contributed by atoms with Gasteiger partial charge < -0.3 is 19.9 Å². The van der Waals surface area contributed by atoms with E-state index in [0.29, 0.717) is 23.2 Å². The first kappa shape index (κ1) is 18.5. The van der Waals surface area contributed by atoms with Gasteiger partial charge in [0.1, 0.15) is 17.4 Å². The number of aliphatic carboxylic acids is 1. The topological polar surface area (TPSA) is 102 Å². The first-order chi connectivity index (χ1) is 10.7. The van der Waals surface area contributed by atoms with Crippen molar-refractivity contribution in [2.75, 3.05) is 7.11 Å². The zero-order valence-corrected chi connectivity index (χ0v) is 13.6. The highest BCUT2D eigenvalue weighted by Crippen LogP contribution is 2.19. The van der Waals surface area contributed by atoms with Gasteiger partial charge in [0.05, 0.1) is 12.7 Å². The molecule has 1 aromatic carbocycles. The second-order valence-electron chi connectivity index (χ2n) is 5.94. The molecule has 126 valence electrons. The Morgan fingerprint density at radius 2 is 2.00 bits per heavy atom. The van der Waals surface area contributed by atoms with Crippen molar-refractivity contribution in [2.24, 2.45) is 0 Å². The summed E-state index contributed by atoms with van der Waals surface area (Å²) in [5, 5.41) is 11.6. The van der Waals surface area contributed by atoms with Gasteiger partial charge in [-0.3, -0.25) is 4.79 Å². The average Bonchev–Trinajstić information content (AvgIpc) is 2.44. The van der Waals surface area contributed by atoms with Crippen molar-refractivity contribution in [3.05, 3.63) is 29.3 Å². The Kier molecular flexibility index (Phi) is 6.12. The van der Waals surface area contributed by atoms with Crippen LogP contribution in [0.3, 0.4) is 0 Å². The highest BCUT2D eigenvalue weighted by Gasteiger charge is 2.24. The van der Waals surface area contributed by atoms with Crippen LogP contribution in [0.15, 0.2) is 18.2 Å². The lowest BCUT2D eigenvalue weighted by Crippen LogP contribution is -2.44. The number of aldehydes is 1. The number of methoxy groups -OCH3 is 1. The zero-order chi connectivity index (χ0) is 17.6. The minimum Gasteiger partial charge on any atom is -0.496 e. The predicted octanol–water partition coefficient (Wildman–Crippen LogP) is 2.03. The molecule has 0 aliphatic heterocycles. The van der Waals surface area contributed by atoms with E-state index in [1.807, 2.05) is 0 Å². The van der Waals surface area contributed by atoms with E-state index in [-0.39, 0.29) is 6.42 Å². The van der Waals surface area contributed by atoms with Gasteiger partial charge in [0, 0.05) is 6.42 Å². The number of carboxylic acids is 1.